The Morgan fingerprint density at radius 3 is 2.68 bits per heavy atom. The number of carbonyl (C=O) groups is 1. The van der Waals surface area contributed by atoms with E-state index in [2.05, 4.69) is 4.98 Å². The van der Waals surface area contributed by atoms with E-state index >= 15 is 0 Å². The largest absolute Gasteiger partial charge is 0.493 e. The molecule has 0 bridgehead atoms. The molecule has 1 aromatic carbocycles. The number of nitrogens with zero attached hydrogens (tertiary/aromatic N) is 2. The van der Waals surface area contributed by atoms with Crippen molar-refractivity contribution in [3.05, 3.63) is 52.7 Å². The maximum Gasteiger partial charge on any atom is 0.303 e. The molecule has 22 heavy (non-hydrogen) atoms. The fraction of sp³-hybridized carbons (Fsp3) is 0.200. The quantitative estimate of drug-likeness (QED) is 0.479. The van der Waals surface area contributed by atoms with Crippen LogP contribution in [0.25, 0.3) is 11.3 Å². The zero-order valence-corrected chi connectivity index (χ0v) is 11.6. The molecule has 0 aliphatic rings. The van der Waals surface area contributed by atoms with Crippen molar-refractivity contribution in [2.24, 2.45) is 0 Å². The van der Waals surface area contributed by atoms with Crippen molar-refractivity contribution >= 4 is 11.7 Å². The number of para-hydroxylation sites is 1. The third-order valence-corrected chi connectivity index (χ3v) is 2.91. The third-order valence-electron chi connectivity index (χ3n) is 2.91. The molecule has 7 nitrogen and oxygen atoms in total. The van der Waals surface area contributed by atoms with Gasteiger partial charge in [-0.2, -0.15) is 0 Å². The number of carboxylic acids is 1. The molecule has 0 saturated carbocycles. The lowest BCUT2D eigenvalue weighted by atomic mass is 10.1. The van der Waals surface area contributed by atoms with Crippen LogP contribution in [0, 0.1) is 10.1 Å². The highest BCUT2D eigenvalue weighted by Gasteiger charge is 2.10. The third kappa shape index (κ3) is 4.02. The number of rotatable bonds is 7. The zero-order chi connectivity index (χ0) is 15.9. The minimum absolute atomic E-state index is 0.0396. The molecule has 2 aromatic rings. The van der Waals surface area contributed by atoms with Gasteiger partial charge < -0.3 is 9.84 Å². The smallest absolute Gasteiger partial charge is 0.303 e. The van der Waals surface area contributed by atoms with E-state index in [0.717, 1.165) is 0 Å². The number of nitro groups is 1. The molecule has 0 saturated heterocycles. The fourth-order valence-corrected chi connectivity index (χ4v) is 1.86. The van der Waals surface area contributed by atoms with Gasteiger partial charge in [-0.15, -0.1) is 0 Å². The Morgan fingerprint density at radius 1 is 1.27 bits per heavy atom. The minimum Gasteiger partial charge on any atom is -0.493 e. The summed E-state index contributed by atoms with van der Waals surface area (Å²) in [5.41, 5.74) is 1.18. The molecule has 114 valence electrons. The molecular formula is C15H14N2O5. The van der Waals surface area contributed by atoms with Crippen LogP contribution in [0.3, 0.4) is 0 Å². The second-order valence-electron chi connectivity index (χ2n) is 4.50. The summed E-state index contributed by atoms with van der Waals surface area (Å²) in [4.78, 5) is 24.7. The first kappa shape index (κ1) is 15.4. The lowest BCUT2D eigenvalue weighted by Gasteiger charge is -2.10. The number of hydrogen-bond donors (Lipinski definition) is 1. The summed E-state index contributed by atoms with van der Waals surface area (Å²) in [5.74, 6) is -0.303. The molecule has 2 rings (SSSR count). The van der Waals surface area contributed by atoms with Crippen molar-refractivity contribution in [2.45, 2.75) is 12.8 Å². The zero-order valence-electron chi connectivity index (χ0n) is 11.6. The van der Waals surface area contributed by atoms with Crippen LogP contribution < -0.4 is 4.74 Å². The summed E-state index contributed by atoms with van der Waals surface area (Å²) in [5, 5.41) is 19.2. The van der Waals surface area contributed by atoms with Crippen LogP contribution in [0.2, 0.25) is 0 Å². The summed E-state index contributed by atoms with van der Waals surface area (Å²) in [7, 11) is 0. The molecule has 0 amide bonds. The summed E-state index contributed by atoms with van der Waals surface area (Å²) in [6, 6.07) is 10.1. The van der Waals surface area contributed by atoms with Crippen molar-refractivity contribution in [1.82, 2.24) is 4.98 Å². The Kier molecular flexibility index (Phi) is 5.02. The van der Waals surface area contributed by atoms with E-state index < -0.39 is 10.9 Å². The molecule has 0 unspecified atom stereocenters. The number of pyridine rings is 1. The van der Waals surface area contributed by atoms with Crippen LogP contribution >= 0.6 is 0 Å². The van der Waals surface area contributed by atoms with Gasteiger partial charge in [-0.05, 0) is 24.6 Å². The van der Waals surface area contributed by atoms with Crippen molar-refractivity contribution in [3.8, 4) is 17.0 Å². The maximum atomic E-state index is 10.6. The molecule has 0 atom stereocenters. The first-order valence-electron chi connectivity index (χ1n) is 6.62. The average Bonchev–Trinajstić information content (AvgIpc) is 2.52. The predicted molar refractivity (Wildman–Crippen MR) is 78.7 cm³/mol. The Morgan fingerprint density at radius 2 is 2.05 bits per heavy atom. The fourth-order valence-electron chi connectivity index (χ4n) is 1.86. The van der Waals surface area contributed by atoms with E-state index in [-0.39, 0.29) is 18.7 Å². The normalized spacial score (nSPS) is 10.2. The van der Waals surface area contributed by atoms with Crippen molar-refractivity contribution in [3.63, 3.8) is 0 Å². The van der Waals surface area contributed by atoms with Crippen LogP contribution in [0.1, 0.15) is 12.8 Å². The van der Waals surface area contributed by atoms with Gasteiger partial charge in [0.15, 0.2) is 0 Å². The van der Waals surface area contributed by atoms with E-state index in [1.54, 1.807) is 24.3 Å². The Hall–Kier alpha value is -2.96. The lowest BCUT2D eigenvalue weighted by Crippen LogP contribution is -2.03. The molecule has 0 fully saturated rings. The highest BCUT2D eigenvalue weighted by Crippen LogP contribution is 2.29. The monoisotopic (exact) mass is 302 g/mol. The Bertz CT molecular complexity index is 670. The van der Waals surface area contributed by atoms with Crippen molar-refractivity contribution in [1.29, 1.82) is 0 Å². The van der Waals surface area contributed by atoms with Gasteiger partial charge in [0.2, 0.25) is 0 Å². The lowest BCUT2D eigenvalue weighted by molar-refractivity contribution is -0.385. The molecule has 0 radical (unpaired) electrons. The van der Waals surface area contributed by atoms with E-state index in [9.17, 15) is 14.9 Å². The van der Waals surface area contributed by atoms with Crippen molar-refractivity contribution < 1.29 is 19.6 Å². The van der Waals surface area contributed by atoms with Gasteiger partial charge >= 0.3 is 5.97 Å². The predicted octanol–water partition coefficient (Wildman–Crippen LogP) is 2.90. The summed E-state index contributed by atoms with van der Waals surface area (Å²) < 4.78 is 5.58. The molecule has 7 heteroatoms. The first-order chi connectivity index (χ1) is 10.6. The van der Waals surface area contributed by atoms with Gasteiger partial charge in [-0.3, -0.25) is 14.9 Å². The topological polar surface area (TPSA) is 103 Å². The molecular weight excluding hydrogens is 288 g/mol. The minimum atomic E-state index is -0.867. The molecule has 1 aromatic heterocycles. The number of carboxylic acid groups (broad SMARTS) is 1. The first-order valence-corrected chi connectivity index (χ1v) is 6.62. The van der Waals surface area contributed by atoms with Crippen molar-refractivity contribution in [2.75, 3.05) is 6.61 Å². The molecule has 0 aliphatic carbocycles. The highest BCUT2D eigenvalue weighted by atomic mass is 16.6. The number of benzene rings is 1. The van der Waals surface area contributed by atoms with Crippen LogP contribution in [-0.4, -0.2) is 27.6 Å². The van der Waals surface area contributed by atoms with E-state index in [1.807, 2.05) is 6.07 Å². The second-order valence-corrected chi connectivity index (χ2v) is 4.50. The highest BCUT2D eigenvalue weighted by molar-refractivity contribution is 5.68. The summed E-state index contributed by atoms with van der Waals surface area (Å²) >= 11 is 0. The van der Waals surface area contributed by atoms with E-state index in [0.29, 0.717) is 23.4 Å². The van der Waals surface area contributed by atoms with Crippen LogP contribution in [0.15, 0.2) is 42.6 Å². The van der Waals surface area contributed by atoms with Gasteiger partial charge in [-0.25, -0.2) is 4.98 Å². The molecule has 1 heterocycles. The van der Waals surface area contributed by atoms with Gasteiger partial charge in [0.1, 0.15) is 11.9 Å². The maximum absolute atomic E-state index is 10.6. The van der Waals surface area contributed by atoms with Crippen LogP contribution in [0.5, 0.6) is 5.75 Å². The average molecular weight is 302 g/mol. The number of hydrogen-bond acceptors (Lipinski definition) is 5. The molecule has 0 aliphatic heterocycles. The molecule has 1 N–H and O–H groups in total. The molecule has 0 spiro atoms. The van der Waals surface area contributed by atoms with Crippen LogP contribution in [0.4, 0.5) is 5.69 Å². The standard InChI is InChI=1S/C15H14N2O5/c18-15(19)6-3-9-22-14-5-2-1-4-12(14)13-8-7-11(10-16-13)17(20)21/h1-2,4-5,7-8,10H,3,6,9H2,(H,18,19). The number of aliphatic carboxylic acids is 1. The van der Waals surface area contributed by atoms with Gasteiger partial charge in [-0.1, -0.05) is 12.1 Å². The summed E-state index contributed by atoms with van der Waals surface area (Å²) in [6.07, 6.45) is 1.63. The Balaban J connectivity index is 2.13. The number of aromatic nitrogens is 1. The van der Waals surface area contributed by atoms with Gasteiger partial charge in [0, 0.05) is 18.1 Å². The summed E-state index contributed by atoms with van der Waals surface area (Å²) in [6.45, 7) is 0.274. The SMILES string of the molecule is O=C(O)CCCOc1ccccc1-c1ccc([N+](=O)[O-])cn1. The second kappa shape index (κ2) is 7.16. The van der Waals surface area contributed by atoms with Gasteiger partial charge in [0.25, 0.3) is 5.69 Å². The van der Waals surface area contributed by atoms with Gasteiger partial charge in [0.05, 0.1) is 17.2 Å². The van der Waals surface area contributed by atoms with Crippen LogP contribution in [-0.2, 0) is 4.79 Å². The van der Waals surface area contributed by atoms with E-state index in [1.165, 1.54) is 12.3 Å². The van der Waals surface area contributed by atoms with E-state index in [4.69, 9.17) is 9.84 Å². The Labute approximate surface area is 126 Å². The number of ether oxygens (including phenoxy) is 1.